The molecule has 0 amide bonds. The lowest BCUT2D eigenvalue weighted by Gasteiger charge is -2.23. The van der Waals surface area contributed by atoms with Crippen LogP contribution in [0, 0.1) is 0 Å². The molecule has 0 unspecified atom stereocenters. The third kappa shape index (κ3) is 1.77. The molecule has 0 aliphatic carbocycles. The number of anilines is 1. The van der Waals surface area contributed by atoms with Crippen LogP contribution in [0.3, 0.4) is 0 Å². The number of benzene rings is 1. The lowest BCUT2D eigenvalue weighted by Crippen LogP contribution is -2.28. The average Bonchev–Trinajstić information content (AvgIpc) is 2.14. The molecule has 1 aromatic rings. The first-order chi connectivity index (χ1) is 6.92. The van der Waals surface area contributed by atoms with E-state index in [0.29, 0.717) is 10.2 Å². The number of nitrogens with zero attached hydrogens (tertiary/aromatic N) is 2. The third-order valence-corrected chi connectivity index (χ3v) is 4.26. The average molecular weight is 310 g/mol. The zero-order valence-corrected chi connectivity index (χ0v) is 10.8. The summed E-state index contributed by atoms with van der Waals surface area (Å²) in [6.07, 6.45) is 0. The molecule has 0 saturated heterocycles. The van der Waals surface area contributed by atoms with Crippen molar-refractivity contribution in [1.82, 2.24) is 0 Å². The molecule has 0 radical (unpaired) electrons. The van der Waals surface area contributed by atoms with E-state index in [1.165, 1.54) is 11.0 Å². The summed E-state index contributed by atoms with van der Waals surface area (Å²) >= 11 is 8.92. The van der Waals surface area contributed by atoms with Crippen molar-refractivity contribution < 1.29 is 8.42 Å². The Labute approximate surface area is 101 Å². The fourth-order valence-electron chi connectivity index (χ4n) is 1.28. The molecule has 7 heteroatoms. The Morgan fingerprint density at radius 2 is 2.13 bits per heavy atom. The minimum Gasteiger partial charge on any atom is -0.318 e. The highest BCUT2D eigenvalue weighted by Crippen LogP contribution is 2.33. The molecule has 0 saturated carbocycles. The SMILES string of the molecule is CN1C(Cl)=NS(=O)(=O)c2cc(Br)ccc21. The summed E-state index contributed by atoms with van der Waals surface area (Å²) in [5.41, 5.74) is 0.526. The highest BCUT2D eigenvalue weighted by Gasteiger charge is 2.27. The molecule has 4 nitrogen and oxygen atoms in total. The van der Waals surface area contributed by atoms with Crippen LogP contribution >= 0.6 is 27.5 Å². The summed E-state index contributed by atoms with van der Waals surface area (Å²) in [5.74, 6) is 0. The van der Waals surface area contributed by atoms with Crippen LogP contribution in [-0.4, -0.2) is 20.8 Å². The minimum atomic E-state index is -3.66. The number of rotatable bonds is 0. The summed E-state index contributed by atoms with van der Waals surface area (Å²) in [6, 6.07) is 4.93. The molecular weight excluding hydrogens is 304 g/mol. The number of sulfonamides is 1. The zero-order valence-electron chi connectivity index (χ0n) is 7.61. The van der Waals surface area contributed by atoms with E-state index in [2.05, 4.69) is 20.3 Å². The lowest BCUT2D eigenvalue weighted by molar-refractivity contribution is 0.597. The molecule has 1 aromatic carbocycles. The van der Waals surface area contributed by atoms with Crippen molar-refractivity contribution >= 4 is 48.5 Å². The Kier molecular flexibility index (Phi) is 2.52. The van der Waals surface area contributed by atoms with Gasteiger partial charge in [-0.1, -0.05) is 15.9 Å². The van der Waals surface area contributed by atoms with E-state index in [9.17, 15) is 8.42 Å². The van der Waals surface area contributed by atoms with Gasteiger partial charge < -0.3 is 4.90 Å². The molecule has 15 heavy (non-hydrogen) atoms. The van der Waals surface area contributed by atoms with Crippen molar-refractivity contribution in [3.8, 4) is 0 Å². The van der Waals surface area contributed by atoms with Gasteiger partial charge in [0.25, 0.3) is 10.0 Å². The topological polar surface area (TPSA) is 49.7 Å². The second-order valence-corrected chi connectivity index (χ2v) is 5.83. The summed E-state index contributed by atoms with van der Waals surface area (Å²) in [4.78, 5) is 1.67. The predicted octanol–water partition coefficient (Wildman–Crippen LogP) is 2.18. The summed E-state index contributed by atoms with van der Waals surface area (Å²) < 4.78 is 27.4. The van der Waals surface area contributed by atoms with Gasteiger partial charge in [0, 0.05) is 11.5 Å². The molecule has 0 spiro atoms. The van der Waals surface area contributed by atoms with Gasteiger partial charge in [0.05, 0.1) is 5.69 Å². The van der Waals surface area contributed by atoms with Gasteiger partial charge in [-0.15, -0.1) is 4.40 Å². The van der Waals surface area contributed by atoms with Gasteiger partial charge in [0.15, 0.2) is 0 Å². The van der Waals surface area contributed by atoms with Crippen LogP contribution in [0.2, 0.25) is 0 Å². The van der Waals surface area contributed by atoms with Gasteiger partial charge in [0.2, 0.25) is 5.29 Å². The fraction of sp³-hybridized carbons (Fsp3) is 0.125. The van der Waals surface area contributed by atoms with Crippen LogP contribution in [-0.2, 0) is 10.0 Å². The van der Waals surface area contributed by atoms with Crippen LogP contribution in [0.5, 0.6) is 0 Å². The predicted molar refractivity (Wildman–Crippen MR) is 63.0 cm³/mol. The molecule has 1 aliphatic heterocycles. The fourth-order valence-corrected chi connectivity index (χ4v) is 3.32. The maximum Gasteiger partial charge on any atom is 0.287 e. The van der Waals surface area contributed by atoms with Gasteiger partial charge in [-0.3, -0.25) is 0 Å². The number of hydrogen-bond acceptors (Lipinski definition) is 3. The molecule has 0 fully saturated rings. The summed E-state index contributed by atoms with van der Waals surface area (Å²) in [7, 11) is -2.00. The third-order valence-electron chi connectivity index (χ3n) is 2.03. The first-order valence-corrected chi connectivity index (χ1v) is 6.57. The van der Waals surface area contributed by atoms with Gasteiger partial charge in [-0.2, -0.15) is 8.42 Å². The van der Waals surface area contributed by atoms with Gasteiger partial charge in [-0.05, 0) is 29.8 Å². The van der Waals surface area contributed by atoms with E-state index in [1.807, 2.05) is 0 Å². The van der Waals surface area contributed by atoms with Crippen LogP contribution in [0.25, 0.3) is 0 Å². The number of amidine groups is 1. The van der Waals surface area contributed by atoms with Crippen molar-refractivity contribution in [3.63, 3.8) is 0 Å². The molecule has 80 valence electrons. The molecular formula is C8H6BrClN2O2S. The molecule has 1 heterocycles. The Hall–Kier alpha value is -0.590. The number of fused-ring (bicyclic) bond motifs is 1. The number of halogens is 2. The van der Waals surface area contributed by atoms with E-state index < -0.39 is 10.0 Å². The van der Waals surface area contributed by atoms with Crippen molar-refractivity contribution in [2.45, 2.75) is 4.90 Å². The molecule has 0 N–H and O–H groups in total. The van der Waals surface area contributed by atoms with Crippen LogP contribution in [0.15, 0.2) is 32.0 Å². The van der Waals surface area contributed by atoms with Crippen molar-refractivity contribution in [3.05, 3.63) is 22.7 Å². The van der Waals surface area contributed by atoms with E-state index in [-0.39, 0.29) is 10.2 Å². The molecule has 0 aromatic heterocycles. The van der Waals surface area contributed by atoms with E-state index in [1.54, 1.807) is 19.2 Å². The molecule has 0 bridgehead atoms. The molecule has 0 atom stereocenters. The van der Waals surface area contributed by atoms with Crippen molar-refractivity contribution in [2.24, 2.45) is 4.40 Å². The smallest absolute Gasteiger partial charge is 0.287 e. The lowest BCUT2D eigenvalue weighted by atomic mass is 10.3. The second-order valence-electron chi connectivity index (χ2n) is 3.01. The Morgan fingerprint density at radius 3 is 2.80 bits per heavy atom. The van der Waals surface area contributed by atoms with E-state index in [4.69, 9.17) is 11.6 Å². The Morgan fingerprint density at radius 1 is 1.47 bits per heavy atom. The minimum absolute atomic E-state index is 0.0511. The Bertz CT molecular complexity index is 556. The zero-order chi connectivity index (χ0) is 11.2. The standard InChI is InChI=1S/C8H6BrClN2O2S/c1-12-6-3-2-5(9)4-7(6)15(13,14)11-8(12)10/h2-4H,1H3. The van der Waals surface area contributed by atoms with E-state index in [0.717, 1.165) is 0 Å². The van der Waals surface area contributed by atoms with Crippen molar-refractivity contribution in [1.29, 1.82) is 0 Å². The molecule has 2 rings (SSSR count). The van der Waals surface area contributed by atoms with Crippen LogP contribution in [0.4, 0.5) is 5.69 Å². The van der Waals surface area contributed by atoms with Gasteiger partial charge in [0.1, 0.15) is 4.90 Å². The van der Waals surface area contributed by atoms with Crippen LogP contribution in [0.1, 0.15) is 0 Å². The normalized spacial score (nSPS) is 18.3. The second kappa shape index (κ2) is 3.47. The van der Waals surface area contributed by atoms with Crippen molar-refractivity contribution in [2.75, 3.05) is 11.9 Å². The van der Waals surface area contributed by atoms with E-state index >= 15 is 0 Å². The summed E-state index contributed by atoms with van der Waals surface area (Å²) in [5, 5.41) is -0.0511. The highest BCUT2D eigenvalue weighted by molar-refractivity contribution is 9.10. The molecule has 1 aliphatic rings. The summed E-state index contributed by atoms with van der Waals surface area (Å²) in [6.45, 7) is 0. The highest BCUT2D eigenvalue weighted by atomic mass is 79.9. The van der Waals surface area contributed by atoms with Crippen LogP contribution < -0.4 is 4.90 Å². The Balaban J connectivity index is 2.78. The maximum atomic E-state index is 11.7. The van der Waals surface area contributed by atoms with Gasteiger partial charge >= 0.3 is 0 Å². The first kappa shape index (κ1) is 10.9. The largest absolute Gasteiger partial charge is 0.318 e. The quantitative estimate of drug-likeness (QED) is 0.690. The first-order valence-electron chi connectivity index (χ1n) is 3.95. The monoisotopic (exact) mass is 308 g/mol. The number of hydrogen-bond donors (Lipinski definition) is 0. The maximum absolute atomic E-state index is 11.7. The van der Waals surface area contributed by atoms with Gasteiger partial charge in [-0.25, -0.2) is 0 Å².